The van der Waals surface area contributed by atoms with Gasteiger partial charge in [0.1, 0.15) is 11.5 Å². The molecule has 0 bridgehead atoms. The quantitative estimate of drug-likeness (QED) is 0.283. The van der Waals surface area contributed by atoms with Gasteiger partial charge in [-0.3, -0.25) is 9.52 Å². The summed E-state index contributed by atoms with van der Waals surface area (Å²) in [4.78, 5) is 16.0. The Labute approximate surface area is 300 Å². The molecule has 274 valence electrons. The Morgan fingerprint density at radius 2 is 1.68 bits per heavy atom. The summed E-state index contributed by atoms with van der Waals surface area (Å²) >= 11 is 5.98. The van der Waals surface area contributed by atoms with Crippen molar-refractivity contribution in [3.8, 4) is 11.5 Å². The van der Waals surface area contributed by atoms with Gasteiger partial charge in [-0.05, 0) is 99.8 Å². The topological polar surface area (TPSA) is 152 Å². The van der Waals surface area contributed by atoms with Gasteiger partial charge in [0.05, 0.1) is 47.3 Å². The van der Waals surface area contributed by atoms with Crippen molar-refractivity contribution in [2.24, 2.45) is 5.92 Å². The first-order valence-corrected chi connectivity index (χ1v) is 19.7. The molecule has 15 heteroatoms. The second kappa shape index (κ2) is 17.2. The first-order valence-electron chi connectivity index (χ1n) is 16.4. The molecule has 1 aliphatic rings. The average molecular weight is 752 g/mol. The SMILES string of the molecule is COc1ccc(S(=O)(=O)Nc2ccc3c(c2)C(=O)N([C@H](C)CO)C[C@@H](C)[C@H](CN(C)S(=O)(=O)c2ccc(Cl)cc2)OCCCC[C@@H](C)O3)cc1. The van der Waals surface area contributed by atoms with Crippen molar-refractivity contribution in [1.82, 2.24) is 9.21 Å². The fourth-order valence-corrected chi connectivity index (χ4v) is 7.91. The fourth-order valence-electron chi connectivity index (χ4n) is 5.56. The molecule has 1 amide bonds. The van der Waals surface area contributed by atoms with Gasteiger partial charge in [0, 0.05) is 43.4 Å². The van der Waals surface area contributed by atoms with Crippen LogP contribution in [0.3, 0.4) is 0 Å². The third-order valence-corrected chi connectivity index (χ3v) is 12.1. The van der Waals surface area contributed by atoms with Gasteiger partial charge >= 0.3 is 0 Å². The van der Waals surface area contributed by atoms with E-state index in [4.69, 9.17) is 25.8 Å². The zero-order valence-corrected chi connectivity index (χ0v) is 31.3. The first kappa shape index (κ1) is 39.4. The summed E-state index contributed by atoms with van der Waals surface area (Å²) in [6, 6.07) is 15.7. The molecule has 2 N–H and O–H groups in total. The van der Waals surface area contributed by atoms with E-state index in [-0.39, 0.29) is 58.5 Å². The zero-order chi connectivity index (χ0) is 36.6. The molecule has 1 heterocycles. The van der Waals surface area contributed by atoms with Gasteiger partial charge in [0.25, 0.3) is 15.9 Å². The second-order valence-corrected chi connectivity index (χ2v) is 16.7. The molecule has 0 saturated carbocycles. The highest BCUT2D eigenvalue weighted by atomic mass is 35.5. The van der Waals surface area contributed by atoms with E-state index >= 15 is 0 Å². The van der Waals surface area contributed by atoms with Gasteiger partial charge in [-0.1, -0.05) is 18.5 Å². The van der Waals surface area contributed by atoms with E-state index < -0.39 is 38.1 Å². The Morgan fingerprint density at radius 1 is 1.02 bits per heavy atom. The van der Waals surface area contributed by atoms with Crippen LogP contribution in [-0.4, -0.2) is 95.8 Å². The highest BCUT2D eigenvalue weighted by Gasteiger charge is 2.32. The number of carbonyl (C=O) groups excluding carboxylic acids is 1. The van der Waals surface area contributed by atoms with Crippen LogP contribution in [0.1, 0.15) is 50.4 Å². The number of methoxy groups -OCH3 is 1. The number of likely N-dealkylation sites (N-methyl/N-ethyl adjacent to an activating group) is 1. The lowest BCUT2D eigenvalue weighted by Gasteiger charge is -2.35. The molecule has 1 aliphatic heterocycles. The van der Waals surface area contributed by atoms with Crippen molar-refractivity contribution in [1.29, 1.82) is 0 Å². The van der Waals surface area contributed by atoms with Crippen LogP contribution in [0.5, 0.6) is 11.5 Å². The lowest BCUT2D eigenvalue weighted by atomic mass is 10.0. The minimum Gasteiger partial charge on any atom is -0.497 e. The van der Waals surface area contributed by atoms with Gasteiger partial charge < -0.3 is 24.2 Å². The van der Waals surface area contributed by atoms with Gasteiger partial charge in [-0.15, -0.1) is 0 Å². The maximum absolute atomic E-state index is 14.4. The molecular weight excluding hydrogens is 706 g/mol. The molecule has 0 aromatic heterocycles. The number of fused-ring (bicyclic) bond motifs is 1. The van der Waals surface area contributed by atoms with Gasteiger partial charge in [0.15, 0.2) is 0 Å². The van der Waals surface area contributed by atoms with Gasteiger partial charge in [-0.2, -0.15) is 4.31 Å². The molecule has 3 aromatic carbocycles. The van der Waals surface area contributed by atoms with E-state index in [1.807, 2.05) is 13.8 Å². The number of halogens is 1. The van der Waals surface area contributed by atoms with E-state index in [0.717, 1.165) is 6.42 Å². The van der Waals surface area contributed by atoms with Crippen LogP contribution in [0.4, 0.5) is 5.69 Å². The smallest absolute Gasteiger partial charge is 0.261 e. The number of benzene rings is 3. The number of amides is 1. The lowest BCUT2D eigenvalue weighted by Crippen LogP contribution is -2.48. The zero-order valence-electron chi connectivity index (χ0n) is 28.9. The van der Waals surface area contributed by atoms with Crippen LogP contribution in [0.15, 0.2) is 76.5 Å². The number of anilines is 1. The number of ether oxygens (including phenoxy) is 3. The molecule has 0 spiro atoms. The van der Waals surface area contributed by atoms with E-state index in [1.165, 1.54) is 84.0 Å². The molecule has 50 heavy (non-hydrogen) atoms. The number of nitrogens with zero attached hydrogens (tertiary/aromatic N) is 2. The Hall–Kier alpha value is -3.40. The molecule has 0 fully saturated rings. The van der Waals surface area contributed by atoms with Crippen molar-refractivity contribution >= 4 is 43.2 Å². The van der Waals surface area contributed by atoms with E-state index in [2.05, 4.69) is 4.72 Å². The Kier molecular flexibility index (Phi) is 13.6. The number of nitrogens with one attached hydrogen (secondary N) is 1. The normalized spacial score (nSPS) is 20.4. The Balaban J connectivity index is 1.67. The van der Waals surface area contributed by atoms with Crippen LogP contribution in [0, 0.1) is 5.92 Å². The van der Waals surface area contributed by atoms with Crippen LogP contribution in [-0.2, 0) is 24.8 Å². The van der Waals surface area contributed by atoms with E-state index in [9.17, 15) is 26.7 Å². The maximum Gasteiger partial charge on any atom is 0.261 e. The third-order valence-electron chi connectivity index (χ3n) is 8.63. The highest BCUT2D eigenvalue weighted by Crippen LogP contribution is 2.30. The largest absolute Gasteiger partial charge is 0.497 e. The number of aliphatic hydroxyl groups excluding tert-OH is 1. The summed E-state index contributed by atoms with van der Waals surface area (Å²) in [5.41, 5.74) is 0.251. The predicted octanol–water partition coefficient (Wildman–Crippen LogP) is 5.27. The summed E-state index contributed by atoms with van der Waals surface area (Å²) in [5.74, 6) is -0.110. The molecule has 0 aliphatic carbocycles. The molecule has 0 radical (unpaired) electrons. The number of hydrogen-bond donors (Lipinski definition) is 2. The van der Waals surface area contributed by atoms with Crippen LogP contribution in [0.2, 0.25) is 5.02 Å². The fraction of sp³-hybridized carbons (Fsp3) is 0.457. The minimum atomic E-state index is -4.03. The summed E-state index contributed by atoms with van der Waals surface area (Å²) < 4.78 is 74.9. The van der Waals surface area contributed by atoms with Gasteiger partial charge in [0.2, 0.25) is 10.0 Å². The second-order valence-electron chi connectivity index (χ2n) is 12.5. The average Bonchev–Trinajstić information content (AvgIpc) is 3.09. The Morgan fingerprint density at radius 3 is 2.32 bits per heavy atom. The number of sulfonamides is 2. The monoisotopic (exact) mass is 751 g/mol. The number of carbonyl (C=O) groups is 1. The number of hydrogen-bond acceptors (Lipinski definition) is 9. The number of aliphatic hydroxyl groups is 1. The molecule has 3 aromatic rings. The Bertz CT molecular complexity index is 1810. The minimum absolute atomic E-state index is 0.00743. The molecule has 4 atom stereocenters. The predicted molar refractivity (Wildman–Crippen MR) is 192 cm³/mol. The molecule has 4 rings (SSSR count). The van der Waals surface area contributed by atoms with Crippen LogP contribution >= 0.6 is 11.6 Å². The lowest BCUT2D eigenvalue weighted by molar-refractivity contribution is -0.00833. The highest BCUT2D eigenvalue weighted by molar-refractivity contribution is 7.92. The van der Waals surface area contributed by atoms with Crippen molar-refractivity contribution < 1.29 is 40.9 Å². The molecule has 0 unspecified atom stereocenters. The van der Waals surface area contributed by atoms with E-state index in [1.54, 1.807) is 13.0 Å². The summed E-state index contributed by atoms with van der Waals surface area (Å²) in [7, 11) is -4.94. The van der Waals surface area contributed by atoms with Crippen molar-refractivity contribution in [2.45, 2.75) is 68.1 Å². The third kappa shape index (κ3) is 9.89. The molecular formula is C35H46ClN3O9S2. The molecule has 12 nitrogen and oxygen atoms in total. The summed E-state index contributed by atoms with van der Waals surface area (Å²) in [6.07, 6.45) is 1.18. The van der Waals surface area contributed by atoms with Crippen LogP contribution < -0.4 is 14.2 Å². The summed E-state index contributed by atoms with van der Waals surface area (Å²) in [5, 5.41) is 10.6. The maximum atomic E-state index is 14.4. The van der Waals surface area contributed by atoms with Crippen molar-refractivity contribution in [2.75, 3.05) is 45.2 Å². The van der Waals surface area contributed by atoms with Crippen molar-refractivity contribution in [3.05, 3.63) is 77.3 Å². The summed E-state index contributed by atoms with van der Waals surface area (Å²) in [6.45, 7) is 5.56. The van der Waals surface area contributed by atoms with Gasteiger partial charge in [-0.25, -0.2) is 16.8 Å². The molecule has 0 saturated heterocycles. The van der Waals surface area contributed by atoms with Crippen molar-refractivity contribution in [3.63, 3.8) is 0 Å². The first-order chi connectivity index (χ1) is 23.7. The van der Waals surface area contributed by atoms with E-state index in [0.29, 0.717) is 30.2 Å². The van der Waals surface area contributed by atoms with Crippen LogP contribution in [0.25, 0.3) is 0 Å². The standard InChI is InChI=1S/C35H46ClN3O9S2/c1-24-21-39(25(2)23-40)35(41)32-20-28(37-49(42,43)30-16-12-29(46-5)13-17-30)11-18-33(32)48-26(3)8-6-7-19-47-34(24)22-38(4)50(44,45)31-14-9-27(36)10-15-31/h9-18,20,24-26,34,37,40H,6-8,19,21-23H2,1-5H3/t24-,25-,26-,34+/m1/s1. The number of rotatable bonds is 10.